The quantitative estimate of drug-likeness (QED) is 0.798. The number of carbonyl (C=O) groups is 1. The fourth-order valence-corrected chi connectivity index (χ4v) is 2.26. The van der Waals surface area contributed by atoms with Gasteiger partial charge < -0.3 is 5.32 Å². The van der Waals surface area contributed by atoms with Gasteiger partial charge in [-0.2, -0.15) is 5.10 Å². The second kappa shape index (κ2) is 6.87. The van der Waals surface area contributed by atoms with E-state index in [0.29, 0.717) is 5.69 Å². The Kier molecular flexibility index (Phi) is 4.47. The lowest BCUT2D eigenvalue weighted by molar-refractivity contribution is 0.102. The van der Waals surface area contributed by atoms with E-state index in [1.165, 1.54) is 24.7 Å². The number of pyridine rings is 1. The molecule has 0 atom stereocenters. The Balaban J connectivity index is 1.68. The molecule has 3 rings (SSSR count). The maximum absolute atomic E-state index is 12.2. The van der Waals surface area contributed by atoms with Crippen molar-refractivity contribution in [3.63, 3.8) is 0 Å². The SMILES string of the molecule is Cn1nc(C(=O)Nc2ccc(Cc3ccncc3)cc2)ccc1=O. The summed E-state index contributed by atoms with van der Waals surface area (Å²) in [6, 6.07) is 14.3. The molecule has 6 nitrogen and oxygen atoms in total. The van der Waals surface area contributed by atoms with Crippen molar-refractivity contribution in [2.45, 2.75) is 6.42 Å². The molecule has 1 amide bonds. The number of benzene rings is 1. The molecule has 2 heterocycles. The average molecular weight is 320 g/mol. The lowest BCUT2D eigenvalue weighted by Crippen LogP contribution is -2.23. The van der Waals surface area contributed by atoms with E-state index in [1.807, 2.05) is 36.4 Å². The molecule has 0 saturated carbocycles. The number of hydrogen-bond acceptors (Lipinski definition) is 4. The lowest BCUT2D eigenvalue weighted by atomic mass is 10.1. The predicted octanol–water partition coefficient (Wildman–Crippen LogP) is 2.02. The largest absolute Gasteiger partial charge is 0.321 e. The molecule has 0 saturated heterocycles. The summed E-state index contributed by atoms with van der Waals surface area (Å²) in [6.07, 6.45) is 4.34. The van der Waals surface area contributed by atoms with Crippen molar-refractivity contribution in [1.29, 1.82) is 0 Å². The summed E-state index contributed by atoms with van der Waals surface area (Å²) in [4.78, 5) is 27.5. The van der Waals surface area contributed by atoms with Gasteiger partial charge in [-0.25, -0.2) is 4.68 Å². The first kappa shape index (κ1) is 15.6. The van der Waals surface area contributed by atoms with Crippen LogP contribution < -0.4 is 10.9 Å². The van der Waals surface area contributed by atoms with E-state index in [1.54, 1.807) is 12.4 Å². The first-order valence-electron chi connectivity index (χ1n) is 7.45. The summed E-state index contributed by atoms with van der Waals surface area (Å²) >= 11 is 0. The van der Waals surface area contributed by atoms with Gasteiger partial charge in [0.25, 0.3) is 11.5 Å². The molecule has 6 heteroatoms. The van der Waals surface area contributed by atoms with E-state index in [-0.39, 0.29) is 17.2 Å². The summed E-state index contributed by atoms with van der Waals surface area (Å²) < 4.78 is 1.13. The van der Waals surface area contributed by atoms with Crippen molar-refractivity contribution < 1.29 is 4.79 Å². The Bertz CT molecular complexity index is 902. The highest BCUT2D eigenvalue weighted by atomic mass is 16.2. The van der Waals surface area contributed by atoms with Crippen LogP contribution in [0.1, 0.15) is 21.6 Å². The summed E-state index contributed by atoms with van der Waals surface area (Å²) in [5.41, 5.74) is 2.93. The normalized spacial score (nSPS) is 10.4. The van der Waals surface area contributed by atoms with Crippen molar-refractivity contribution in [3.8, 4) is 0 Å². The van der Waals surface area contributed by atoms with Crippen LogP contribution in [0, 0.1) is 0 Å². The molecule has 0 radical (unpaired) electrons. The Labute approximate surface area is 138 Å². The predicted molar refractivity (Wildman–Crippen MR) is 90.9 cm³/mol. The maximum Gasteiger partial charge on any atom is 0.276 e. The maximum atomic E-state index is 12.2. The molecule has 0 spiro atoms. The summed E-state index contributed by atoms with van der Waals surface area (Å²) in [7, 11) is 1.51. The summed E-state index contributed by atoms with van der Waals surface area (Å²) in [5.74, 6) is -0.354. The molecule has 0 bridgehead atoms. The van der Waals surface area contributed by atoms with Gasteiger partial charge >= 0.3 is 0 Å². The number of carbonyl (C=O) groups excluding carboxylic acids is 1. The Morgan fingerprint density at radius 3 is 2.33 bits per heavy atom. The van der Waals surface area contributed by atoms with Crippen molar-refractivity contribution >= 4 is 11.6 Å². The molecule has 3 aromatic rings. The van der Waals surface area contributed by atoms with Gasteiger partial charge in [-0.15, -0.1) is 0 Å². The van der Waals surface area contributed by atoms with Gasteiger partial charge in [-0.05, 0) is 47.9 Å². The van der Waals surface area contributed by atoms with Crippen LogP contribution in [0.3, 0.4) is 0 Å². The Hall–Kier alpha value is -3.28. The van der Waals surface area contributed by atoms with Gasteiger partial charge in [0.15, 0.2) is 0 Å². The highest BCUT2D eigenvalue weighted by Crippen LogP contribution is 2.14. The van der Waals surface area contributed by atoms with E-state index in [0.717, 1.165) is 16.7 Å². The van der Waals surface area contributed by atoms with Crippen LogP contribution in [-0.4, -0.2) is 20.7 Å². The molecular formula is C18H16N4O2. The number of aryl methyl sites for hydroxylation is 1. The molecule has 0 aliphatic rings. The van der Waals surface area contributed by atoms with Crippen LogP contribution in [0.4, 0.5) is 5.69 Å². The van der Waals surface area contributed by atoms with Gasteiger partial charge in [0, 0.05) is 31.2 Å². The number of amides is 1. The van der Waals surface area contributed by atoms with E-state index < -0.39 is 0 Å². The second-order valence-corrected chi connectivity index (χ2v) is 5.36. The molecule has 120 valence electrons. The van der Waals surface area contributed by atoms with Gasteiger partial charge in [-0.1, -0.05) is 12.1 Å². The highest BCUT2D eigenvalue weighted by Gasteiger charge is 2.09. The van der Waals surface area contributed by atoms with E-state index >= 15 is 0 Å². The monoisotopic (exact) mass is 320 g/mol. The van der Waals surface area contributed by atoms with E-state index in [9.17, 15) is 9.59 Å². The average Bonchev–Trinajstić information content (AvgIpc) is 2.60. The molecule has 0 unspecified atom stereocenters. The van der Waals surface area contributed by atoms with Gasteiger partial charge in [-0.3, -0.25) is 14.6 Å². The minimum atomic E-state index is -0.354. The van der Waals surface area contributed by atoms with Crippen LogP contribution >= 0.6 is 0 Å². The molecule has 1 N–H and O–H groups in total. The third-order valence-electron chi connectivity index (χ3n) is 3.56. The molecular weight excluding hydrogens is 304 g/mol. The van der Waals surface area contributed by atoms with Crippen LogP contribution in [0.2, 0.25) is 0 Å². The third kappa shape index (κ3) is 3.73. The van der Waals surface area contributed by atoms with Gasteiger partial charge in [0.1, 0.15) is 5.69 Å². The van der Waals surface area contributed by atoms with Gasteiger partial charge in [0.05, 0.1) is 0 Å². The molecule has 2 aromatic heterocycles. The second-order valence-electron chi connectivity index (χ2n) is 5.36. The van der Waals surface area contributed by atoms with Crippen LogP contribution in [0.25, 0.3) is 0 Å². The zero-order chi connectivity index (χ0) is 16.9. The van der Waals surface area contributed by atoms with Crippen molar-refractivity contribution in [2.75, 3.05) is 5.32 Å². The Morgan fingerprint density at radius 2 is 1.67 bits per heavy atom. The Morgan fingerprint density at radius 1 is 1.00 bits per heavy atom. The highest BCUT2D eigenvalue weighted by molar-refractivity contribution is 6.02. The zero-order valence-corrected chi connectivity index (χ0v) is 13.1. The van der Waals surface area contributed by atoms with E-state index in [2.05, 4.69) is 15.4 Å². The first-order valence-corrected chi connectivity index (χ1v) is 7.45. The standard InChI is InChI=1S/C18H16N4O2/c1-22-17(23)7-6-16(21-22)18(24)20-15-4-2-13(3-5-15)12-14-8-10-19-11-9-14/h2-11H,12H2,1H3,(H,20,24). The fraction of sp³-hybridized carbons (Fsp3) is 0.111. The summed E-state index contributed by atoms with van der Waals surface area (Å²) in [5, 5.41) is 6.70. The lowest BCUT2D eigenvalue weighted by Gasteiger charge is -2.07. The van der Waals surface area contributed by atoms with Crippen LogP contribution in [-0.2, 0) is 13.5 Å². The molecule has 24 heavy (non-hydrogen) atoms. The molecule has 0 aliphatic carbocycles. The van der Waals surface area contributed by atoms with Crippen molar-refractivity contribution in [3.05, 3.63) is 88.1 Å². The smallest absolute Gasteiger partial charge is 0.276 e. The third-order valence-corrected chi connectivity index (χ3v) is 3.56. The van der Waals surface area contributed by atoms with Crippen LogP contribution in [0.15, 0.2) is 65.7 Å². The molecule has 0 fully saturated rings. The number of nitrogens with zero attached hydrogens (tertiary/aromatic N) is 3. The fourth-order valence-electron chi connectivity index (χ4n) is 2.26. The van der Waals surface area contributed by atoms with Crippen molar-refractivity contribution in [1.82, 2.24) is 14.8 Å². The minimum absolute atomic E-state index is 0.193. The molecule has 0 aliphatic heterocycles. The summed E-state index contributed by atoms with van der Waals surface area (Å²) in [6.45, 7) is 0. The first-order chi connectivity index (χ1) is 11.6. The minimum Gasteiger partial charge on any atom is -0.321 e. The van der Waals surface area contributed by atoms with Crippen molar-refractivity contribution in [2.24, 2.45) is 7.05 Å². The number of rotatable bonds is 4. The van der Waals surface area contributed by atoms with E-state index in [4.69, 9.17) is 0 Å². The number of aromatic nitrogens is 3. The van der Waals surface area contributed by atoms with Crippen LogP contribution in [0.5, 0.6) is 0 Å². The molecule has 1 aromatic carbocycles. The number of hydrogen-bond donors (Lipinski definition) is 1. The van der Waals surface area contributed by atoms with Gasteiger partial charge in [0.2, 0.25) is 0 Å². The topological polar surface area (TPSA) is 76.9 Å². The zero-order valence-electron chi connectivity index (χ0n) is 13.1. The number of anilines is 1. The number of nitrogens with one attached hydrogen (secondary N) is 1.